The Morgan fingerprint density at radius 2 is 1.63 bits per heavy atom. The van der Waals surface area contributed by atoms with Gasteiger partial charge in [-0.25, -0.2) is 4.39 Å². The summed E-state index contributed by atoms with van der Waals surface area (Å²) in [6.45, 7) is 5.41. The van der Waals surface area contributed by atoms with Crippen LogP contribution in [-0.2, 0) is 11.3 Å². The van der Waals surface area contributed by atoms with E-state index in [1.807, 2.05) is 35.2 Å². The minimum absolute atomic E-state index is 0.0830. The second-order valence-electron chi connectivity index (χ2n) is 8.13. The van der Waals surface area contributed by atoms with E-state index in [4.69, 9.17) is 4.74 Å². The van der Waals surface area contributed by atoms with Crippen molar-refractivity contribution < 1.29 is 13.9 Å². The monoisotopic (exact) mass is 411 g/mol. The fraction of sp³-hybridized carbons (Fsp3) is 0.458. The highest BCUT2D eigenvalue weighted by Gasteiger charge is 2.31. The van der Waals surface area contributed by atoms with Gasteiger partial charge in [-0.15, -0.1) is 0 Å². The molecule has 2 aliphatic rings. The van der Waals surface area contributed by atoms with Crippen LogP contribution in [0.4, 0.5) is 10.1 Å². The predicted molar refractivity (Wildman–Crippen MR) is 116 cm³/mol. The Kier molecular flexibility index (Phi) is 6.53. The number of nitrogens with zero attached hydrogens (tertiary/aromatic N) is 3. The number of rotatable bonds is 5. The van der Waals surface area contributed by atoms with Gasteiger partial charge in [0.25, 0.3) is 0 Å². The number of benzene rings is 2. The van der Waals surface area contributed by atoms with Gasteiger partial charge in [0.2, 0.25) is 5.91 Å². The number of carbonyl (C=O) groups is 1. The van der Waals surface area contributed by atoms with Gasteiger partial charge in [-0.05, 0) is 44.1 Å². The van der Waals surface area contributed by atoms with Crippen molar-refractivity contribution in [2.45, 2.75) is 19.4 Å². The van der Waals surface area contributed by atoms with Gasteiger partial charge in [-0.2, -0.15) is 0 Å². The third-order valence-corrected chi connectivity index (χ3v) is 6.31. The number of piperidine rings is 1. The summed E-state index contributed by atoms with van der Waals surface area (Å²) >= 11 is 0. The van der Waals surface area contributed by atoms with Crippen molar-refractivity contribution in [1.82, 2.24) is 9.80 Å². The van der Waals surface area contributed by atoms with Crippen molar-refractivity contribution in [2.75, 3.05) is 51.3 Å². The number of halogens is 1. The second-order valence-corrected chi connectivity index (χ2v) is 8.13. The van der Waals surface area contributed by atoms with E-state index in [-0.39, 0.29) is 17.6 Å². The number of amides is 1. The van der Waals surface area contributed by atoms with Gasteiger partial charge in [0.05, 0.1) is 12.8 Å². The fourth-order valence-electron chi connectivity index (χ4n) is 4.52. The minimum atomic E-state index is -0.149. The van der Waals surface area contributed by atoms with Crippen molar-refractivity contribution in [2.24, 2.45) is 5.92 Å². The van der Waals surface area contributed by atoms with Crippen LogP contribution in [0.3, 0.4) is 0 Å². The second kappa shape index (κ2) is 9.47. The van der Waals surface area contributed by atoms with Gasteiger partial charge in [0.1, 0.15) is 11.6 Å². The number of hydrogen-bond donors (Lipinski definition) is 0. The molecule has 0 bridgehead atoms. The molecular formula is C24H30FN3O2. The summed E-state index contributed by atoms with van der Waals surface area (Å²) in [5, 5.41) is 0. The lowest BCUT2D eigenvalue weighted by molar-refractivity contribution is -0.137. The molecule has 0 radical (unpaired) electrons. The van der Waals surface area contributed by atoms with Gasteiger partial charge >= 0.3 is 0 Å². The topological polar surface area (TPSA) is 36.0 Å². The molecule has 2 aromatic carbocycles. The molecule has 6 heteroatoms. The van der Waals surface area contributed by atoms with Gasteiger partial charge in [-0.1, -0.05) is 30.3 Å². The Bertz CT molecular complexity index is 859. The number of piperazine rings is 1. The number of para-hydroxylation sites is 2. The molecule has 5 nitrogen and oxygen atoms in total. The maximum Gasteiger partial charge on any atom is 0.225 e. The minimum Gasteiger partial charge on any atom is -0.495 e. The summed E-state index contributed by atoms with van der Waals surface area (Å²) in [5.41, 5.74) is 1.82. The Hall–Kier alpha value is -2.60. The Balaban J connectivity index is 1.27. The zero-order valence-electron chi connectivity index (χ0n) is 17.6. The first-order valence-corrected chi connectivity index (χ1v) is 10.8. The number of carbonyl (C=O) groups excluding carboxylic acids is 1. The molecule has 2 aromatic rings. The lowest BCUT2D eigenvalue weighted by atomic mass is 9.94. The summed E-state index contributed by atoms with van der Waals surface area (Å²) in [7, 11) is 1.69. The van der Waals surface area contributed by atoms with Crippen LogP contribution in [0.15, 0.2) is 48.5 Å². The molecule has 160 valence electrons. The van der Waals surface area contributed by atoms with Gasteiger partial charge < -0.3 is 14.5 Å². The average molecular weight is 412 g/mol. The van der Waals surface area contributed by atoms with Crippen LogP contribution in [0.1, 0.15) is 18.4 Å². The lowest BCUT2D eigenvalue weighted by Gasteiger charge is -2.39. The van der Waals surface area contributed by atoms with Crippen LogP contribution in [0.5, 0.6) is 5.75 Å². The first-order chi connectivity index (χ1) is 14.7. The van der Waals surface area contributed by atoms with E-state index in [0.29, 0.717) is 6.54 Å². The van der Waals surface area contributed by atoms with Crippen molar-refractivity contribution >= 4 is 11.6 Å². The first-order valence-electron chi connectivity index (χ1n) is 10.8. The van der Waals surface area contributed by atoms with E-state index in [1.165, 1.54) is 6.07 Å². The van der Waals surface area contributed by atoms with Crippen molar-refractivity contribution in [1.29, 1.82) is 0 Å². The zero-order valence-corrected chi connectivity index (χ0v) is 17.6. The summed E-state index contributed by atoms with van der Waals surface area (Å²) < 4.78 is 19.4. The van der Waals surface area contributed by atoms with E-state index in [2.05, 4.69) is 15.9 Å². The van der Waals surface area contributed by atoms with Crippen LogP contribution >= 0.6 is 0 Å². The summed E-state index contributed by atoms with van der Waals surface area (Å²) in [6.07, 6.45) is 1.69. The summed E-state index contributed by atoms with van der Waals surface area (Å²) in [5.74, 6) is 1.09. The summed E-state index contributed by atoms with van der Waals surface area (Å²) in [4.78, 5) is 19.6. The number of hydrogen-bond acceptors (Lipinski definition) is 4. The van der Waals surface area contributed by atoms with Gasteiger partial charge in [0, 0.05) is 44.2 Å². The molecule has 2 fully saturated rings. The SMILES string of the molecule is COc1ccccc1N1CCN(C(=O)C2CCN(Cc3ccccc3F)CC2)CC1. The highest BCUT2D eigenvalue weighted by atomic mass is 19.1. The quantitative estimate of drug-likeness (QED) is 0.756. The fourth-order valence-corrected chi connectivity index (χ4v) is 4.52. The van der Waals surface area contributed by atoms with Crippen molar-refractivity contribution in [3.63, 3.8) is 0 Å². The largest absolute Gasteiger partial charge is 0.495 e. The van der Waals surface area contributed by atoms with Crippen LogP contribution in [0.2, 0.25) is 0 Å². The summed E-state index contributed by atoms with van der Waals surface area (Å²) in [6, 6.07) is 15.0. The van der Waals surface area contributed by atoms with E-state index in [0.717, 1.165) is 69.1 Å². The molecule has 0 saturated carbocycles. The molecule has 4 rings (SSSR count). The number of methoxy groups -OCH3 is 1. The first kappa shape index (κ1) is 20.7. The number of anilines is 1. The molecule has 2 aliphatic heterocycles. The van der Waals surface area contributed by atoms with E-state index in [9.17, 15) is 9.18 Å². The van der Waals surface area contributed by atoms with Crippen LogP contribution in [0, 0.1) is 11.7 Å². The molecule has 0 spiro atoms. The maximum atomic E-state index is 13.9. The molecule has 30 heavy (non-hydrogen) atoms. The van der Waals surface area contributed by atoms with Gasteiger partial charge in [-0.3, -0.25) is 9.69 Å². The van der Waals surface area contributed by atoms with Crippen molar-refractivity contribution in [3.05, 3.63) is 59.9 Å². The third-order valence-electron chi connectivity index (χ3n) is 6.31. The number of ether oxygens (including phenoxy) is 1. The Morgan fingerprint density at radius 1 is 0.967 bits per heavy atom. The van der Waals surface area contributed by atoms with E-state index < -0.39 is 0 Å². The molecule has 2 saturated heterocycles. The molecule has 0 unspecified atom stereocenters. The molecule has 0 N–H and O–H groups in total. The van der Waals surface area contributed by atoms with Crippen molar-refractivity contribution in [3.8, 4) is 5.75 Å². The average Bonchev–Trinajstić information content (AvgIpc) is 2.81. The van der Waals surface area contributed by atoms with E-state index >= 15 is 0 Å². The highest BCUT2D eigenvalue weighted by Crippen LogP contribution is 2.29. The molecule has 1 amide bonds. The smallest absolute Gasteiger partial charge is 0.225 e. The Labute approximate surface area is 178 Å². The van der Waals surface area contributed by atoms with Crippen LogP contribution < -0.4 is 9.64 Å². The molecule has 0 aliphatic carbocycles. The van der Waals surface area contributed by atoms with E-state index in [1.54, 1.807) is 13.2 Å². The predicted octanol–water partition coefficient (Wildman–Crippen LogP) is 3.40. The zero-order chi connectivity index (χ0) is 20.9. The molecule has 0 atom stereocenters. The standard InChI is InChI=1S/C24H30FN3O2/c1-30-23-9-5-4-8-22(23)27-14-16-28(17-15-27)24(29)19-10-12-26(13-11-19)18-20-6-2-3-7-21(20)25/h2-9,19H,10-18H2,1H3. The van der Waals surface area contributed by atoms with Crippen LogP contribution in [-0.4, -0.2) is 62.1 Å². The molecular weight excluding hydrogens is 381 g/mol. The molecule has 0 aromatic heterocycles. The molecule has 2 heterocycles. The maximum absolute atomic E-state index is 13.9. The normalized spacial score (nSPS) is 18.5. The highest BCUT2D eigenvalue weighted by molar-refractivity contribution is 5.79. The van der Waals surface area contributed by atoms with Gasteiger partial charge in [0.15, 0.2) is 0 Å². The van der Waals surface area contributed by atoms with Crippen LogP contribution in [0.25, 0.3) is 0 Å². The Morgan fingerprint density at radius 3 is 2.33 bits per heavy atom. The lowest BCUT2D eigenvalue weighted by Crippen LogP contribution is -2.51. The number of likely N-dealkylation sites (tertiary alicyclic amines) is 1. The third kappa shape index (κ3) is 4.59.